The Hall–Kier alpha value is -0.0500. The van der Waals surface area contributed by atoms with Crippen LogP contribution in [0.15, 0.2) is 0 Å². The molecule has 8 nitrogen and oxygen atoms in total. The van der Waals surface area contributed by atoms with Gasteiger partial charge in [-0.25, -0.2) is 4.57 Å². The fourth-order valence-corrected chi connectivity index (χ4v) is 3.62. The summed E-state index contributed by atoms with van der Waals surface area (Å²) in [6, 6.07) is 0. The van der Waals surface area contributed by atoms with Crippen LogP contribution in [0.4, 0.5) is 0 Å². The lowest BCUT2D eigenvalue weighted by Gasteiger charge is -2.08. The smallest absolute Gasteiger partial charge is 0.317 e. The van der Waals surface area contributed by atoms with Crippen LogP contribution in [0.5, 0.6) is 0 Å². The first-order chi connectivity index (χ1) is 15.1. The third kappa shape index (κ3) is 29.9. The Morgan fingerprint density at radius 1 is 0.548 bits per heavy atom. The van der Waals surface area contributed by atoms with Gasteiger partial charge in [0.05, 0.1) is 6.61 Å². The second kappa shape index (κ2) is 24.6. The summed E-state index contributed by atoms with van der Waals surface area (Å²) in [6.45, 7) is 10.8. The van der Waals surface area contributed by atoms with E-state index in [-0.39, 0.29) is 6.61 Å². The summed E-state index contributed by atoms with van der Waals surface area (Å²) < 4.78 is 14.9. The van der Waals surface area contributed by atoms with Crippen LogP contribution >= 0.6 is 7.82 Å². The van der Waals surface area contributed by atoms with Crippen LogP contribution in [-0.4, -0.2) is 68.8 Å². The fourth-order valence-electron chi connectivity index (χ4n) is 3.25. The normalized spacial score (nSPS) is 12.0. The molecule has 0 rings (SSSR count). The summed E-state index contributed by atoms with van der Waals surface area (Å²) in [5.41, 5.74) is 0. The van der Waals surface area contributed by atoms with Gasteiger partial charge in [-0.1, -0.05) is 39.0 Å². The number of phosphoric ester groups is 1. The molecule has 0 heterocycles. The molecule has 0 spiro atoms. The predicted molar refractivity (Wildman–Crippen MR) is 131 cm³/mol. The number of phosphoric acid groups is 1. The molecule has 31 heavy (non-hydrogen) atoms. The van der Waals surface area contributed by atoms with Crippen molar-refractivity contribution in [2.45, 2.75) is 84.0 Å². The van der Waals surface area contributed by atoms with Crippen molar-refractivity contribution < 1.29 is 18.9 Å². The van der Waals surface area contributed by atoms with Crippen molar-refractivity contribution in [3.63, 3.8) is 0 Å². The van der Waals surface area contributed by atoms with Crippen molar-refractivity contribution in [1.29, 1.82) is 0 Å². The van der Waals surface area contributed by atoms with E-state index in [0.29, 0.717) is 6.42 Å². The van der Waals surface area contributed by atoms with Crippen molar-refractivity contribution >= 4 is 7.82 Å². The largest absolute Gasteiger partial charge is 0.469 e. The van der Waals surface area contributed by atoms with Gasteiger partial charge in [-0.3, -0.25) is 4.52 Å². The number of hydrogen-bond donors (Lipinski definition) is 6. The quantitative estimate of drug-likeness (QED) is 0.0851. The number of nitrogens with one attached hydrogen (secondary N) is 4. The molecular weight excluding hydrogens is 415 g/mol. The molecule has 0 bridgehead atoms. The van der Waals surface area contributed by atoms with Crippen molar-refractivity contribution in [3.05, 3.63) is 0 Å². The molecule has 9 heteroatoms. The maximum atomic E-state index is 10.5. The third-order valence-corrected chi connectivity index (χ3v) is 5.60. The Morgan fingerprint density at radius 3 is 1.32 bits per heavy atom. The van der Waals surface area contributed by atoms with Gasteiger partial charge in [0.2, 0.25) is 0 Å². The average molecular weight is 467 g/mol. The number of unbranched alkanes of at least 4 members (excludes halogenated alkanes) is 7. The lowest BCUT2D eigenvalue weighted by Crippen LogP contribution is -2.23. The van der Waals surface area contributed by atoms with Crippen LogP contribution in [0, 0.1) is 0 Å². The first kappa shape index (κ1) is 30.9. The van der Waals surface area contributed by atoms with Crippen LogP contribution in [0.1, 0.15) is 84.0 Å². The van der Waals surface area contributed by atoms with E-state index in [2.05, 4.69) is 32.7 Å². The van der Waals surface area contributed by atoms with E-state index < -0.39 is 7.82 Å². The molecule has 0 amide bonds. The lowest BCUT2D eigenvalue weighted by molar-refractivity contribution is 0.194. The van der Waals surface area contributed by atoms with E-state index >= 15 is 0 Å². The zero-order valence-corrected chi connectivity index (χ0v) is 20.9. The molecule has 0 fully saturated rings. The van der Waals surface area contributed by atoms with Crippen molar-refractivity contribution in [1.82, 2.24) is 21.3 Å². The third-order valence-electron chi connectivity index (χ3n) is 5.09. The van der Waals surface area contributed by atoms with E-state index in [9.17, 15) is 4.57 Å². The zero-order valence-electron chi connectivity index (χ0n) is 20.0. The minimum Gasteiger partial charge on any atom is -0.317 e. The molecule has 0 saturated heterocycles. The van der Waals surface area contributed by atoms with Gasteiger partial charge in [-0.2, -0.15) is 0 Å². The minimum atomic E-state index is -4.30. The molecule has 0 radical (unpaired) electrons. The van der Waals surface area contributed by atoms with E-state index in [4.69, 9.17) is 9.79 Å². The molecule has 0 aliphatic heterocycles. The van der Waals surface area contributed by atoms with Gasteiger partial charge in [0, 0.05) is 0 Å². The molecule has 0 aromatic rings. The fraction of sp³-hybridized carbons (Fsp3) is 1.00. The highest BCUT2D eigenvalue weighted by Crippen LogP contribution is 2.35. The average Bonchev–Trinajstić information content (AvgIpc) is 2.73. The first-order valence-electron chi connectivity index (χ1n) is 12.6. The van der Waals surface area contributed by atoms with Crippen LogP contribution in [0.2, 0.25) is 0 Å². The maximum Gasteiger partial charge on any atom is 0.469 e. The molecule has 0 aliphatic carbocycles. The topological polar surface area (TPSA) is 115 Å². The molecule has 188 valence electrons. The monoisotopic (exact) mass is 466 g/mol. The van der Waals surface area contributed by atoms with Gasteiger partial charge in [-0.15, -0.1) is 0 Å². The van der Waals surface area contributed by atoms with Gasteiger partial charge >= 0.3 is 7.82 Å². The Kier molecular flexibility index (Phi) is 24.5. The number of hydrogen-bond acceptors (Lipinski definition) is 6. The van der Waals surface area contributed by atoms with Gasteiger partial charge < -0.3 is 31.1 Å². The zero-order chi connectivity index (χ0) is 22.9. The summed E-state index contributed by atoms with van der Waals surface area (Å²) >= 11 is 0. The molecule has 0 unspecified atom stereocenters. The van der Waals surface area contributed by atoms with E-state index in [1.807, 2.05) is 0 Å². The van der Waals surface area contributed by atoms with E-state index in [0.717, 1.165) is 52.2 Å². The summed E-state index contributed by atoms with van der Waals surface area (Å²) in [7, 11) is -4.30. The molecule has 0 aliphatic rings. The molecule has 0 aromatic heterocycles. The van der Waals surface area contributed by atoms with Crippen LogP contribution in [0.3, 0.4) is 0 Å². The highest BCUT2D eigenvalue weighted by Gasteiger charge is 2.12. The summed E-state index contributed by atoms with van der Waals surface area (Å²) in [4.78, 5) is 17.1. The Morgan fingerprint density at radius 2 is 0.903 bits per heavy atom. The van der Waals surface area contributed by atoms with E-state index in [1.54, 1.807) is 0 Å². The Balaban J connectivity index is 3.03. The Labute approximate surface area is 191 Å². The highest BCUT2D eigenvalue weighted by atomic mass is 31.2. The molecule has 6 N–H and O–H groups in total. The van der Waals surface area contributed by atoms with Crippen LogP contribution < -0.4 is 21.3 Å². The van der Waals surface area contributed by atoms with Crippen molar-refractivity contribution in [2.24, 2.45) is 0 Å². The second-order valence-electron chi connectivity index (χ2n) is 8.21. The van der Waals surface area contributed by atoms with Crippen LogP contribution in [0.25, 0.3) is 0 Å². The standard InChI is InChI=1S/C22H51N4O4P/c1-2-3-7-14-24-19-12-20-25-16-9-5-4-8-15-23-17-10-6-11-18-26-21-13-22-30-31(27,28)29/h23-26H,2-22H2,1H3,(H2,27,28,29). The summed E-state index contributed by atoms with van der Waals surface area (Å²) in [5.74, 6) is 0. The Bertz CT molecular complexity index is 400. The molecule has 0 aromatic carbocycles. The summed E-state index contributed by atoms with van der Waals surface area (Å²) in [5, 5.41) is 13.8. The van der Waals surface area contributed by atoms with Crippen molar-refractivity contribution in [2.75, 3.05) is 59.0 Å². The van der Waals surface area contributed by atoms with Gasteiger partial charge in [0.25, 0.3) is 0 Å². The number of rotatable bonds is 26. The summed E-state index contributed by atoms with van der Waals surface area (Å²) in [6.07, 6.45) is 14.5. The van der Waals surface area contributed by atoms with Crippen molar-refractivity contribution in [3.8, 4) is 0 Å². The SMILES string of the molecule is CCCCCNCCCNCCCCCCNCCCCCNCCCOP(=O)(O)O. The van der Waals surface area contributed by atoms with Gasteiger partial charge in [0.1, 0.15) is 0 Å². The predicted octanol–water partition coefficient (Wildman–Crippen LogP) is 3.16. The maximum absolute atomic E-state index is 10.5. The molecule has 0 saturated carbocycles. The second-order valence-corrected chi connectivity index (χ2v) is 9.45. The van der Waals surface area contributed by atoms with E-state index in [1.165, 1.54) is 70.8 Å². The molecule has 0 atom stereocenters. The van der Waals surface area contributed by atoms with Crippen LogP contribution in [-0.2, 0) is 9.09 Å². The minimum absolute atomic E-state index is 0.0919. The van der Waals surface area contributed by atoms with Gasteiger partial charge in [0.15, 0.2) is 0 Å². The van der Waals surface area contributed by atoms with Gasteiger partial charge in [-0.05, 0) is 97.3 Å². The highest BCUT2D eigenvalue weighted by molar-refractivity contribution is 7.46. The first-order valence-corrected chi connectivity index (χ1v) is 14.1. The lowest BCUT2D eigenvalue weighted by atomic mass is 10.2. The molecular formula is C22H51N4O4P.